The van der Waals surface area contributed by atoms with Gasteiger partial charge >= 0.3 is 5.97 Å². The van der Waals surface area contributed by atoms with E-state index in [0.717, 1.165) is 47.9 Å². The summed E-state index contributed by atoms with van der Waals surface area (Å²) in [5.74, 6) is -0.424. The zero-order valence-electron chi connectivity index (χ0n) is 23.0. The highest BCUT2D eigenvalue weighted by Gasteiger charge is 2.32. The number of hydrazone groups is 1. The van der Waals surface area contributed by atoms with Gasteiger partial charge in [-0.25, -0.2) is 9.80 Å². The van der Waals surface area contributed by atoms with Gasteiger partial charge in [0.15, 0.2) is 6.61 Å². The molecule has 3 aromatic carbocycles. The standard InChI is InChI=1S/C33H33N3O5/c1-40-30(38)20-19-24-9-7-8-14-28(24)34-32(39)31(25-10-5-6-11-25)26-17-15-23(16-18-26)21-36-29(37)22-41-33(35-36)27-12-3-2-4-13-27/h2-4,7-9,12-20,25,31H,5-6,10-11,21-22H2,1H3,(H,34,39)/b20-19+. The summed E-state index contributed by atoms with van der Waals surface area (Å²) in [6.45, 7) is 0.241. The van der Waals surface area contributed by atoms with Crippen molar-refractivity contribution in [3.8, 4) is 0 Å². The molecule has 1 aliphatic heterocycles. The molecule has 8 nitrogen and oxygen atoms in total. The summed E-state index contributed by atoms with van der Waals surface area (Å²) in [7, 11) is 1.33. The molecule has 2 amide bonds. The lowest BCUT2D eigenvalue weighted by Gasteiger charge is -2.25. The molecule has 1 heterocycles. The van der Waals surface area contributed by atoms with Gasteiger partial charge in [0.1, 0.15) is 0 Å². The van der Waals surface area contributed by atoms with E-state index >= 15 is 0 Å². The fourth-order valence-electron chi connectivity index (χ4n) is 5.37. The monoisotopic (exact) mass is 551 g/mol. The van der Waals surface area contributed by atoms with Crippen LogP contribution in [0.15, 0.2) is 90.0 Å². The Kier molecular flexibility index (Phi) is 8.89. The van der Waals surface area contributed by atoms with E-state index in [1.165, 1.54) is 18.2 Å². The van der Waals surface area contributed by atoms with Crippen LogP contribution >= 0.6 is 0 Å². The van der Waals surface area contributed by atoms with Gasteiger partial charge in [0, 0.05) is 17.3 Å². The van der Waals surface area contributed by atoms with Crippen LogP contribution in [0.4, 0.5) is 5.69 Å². The number of methoxy groups -OCH3 is 1. The number of esters is 1. The molecule has 0 spiro atoms. The van der Waals surface area contributed by atoms with Crippen LogP contribution in [0.2, 0.25) is 0 Å². The molecule has 1 unspecified atom stereocenters. The van der Waals surface area contributed by atoms with Gasteiger partial charge in [-0.1, -0.05) is 73.5 Å². The van der Waals surface area contributed by atoms with E-state index in [-0.39, 0.29) is 30.3 Å². The number of hydrogen-bond acceptors (Lipinski definition) is 6. The summed E-state index contributed by atoms with van der Waals surface area (Å²) >= 11 is 0. The molecule has 1 fully saturated rings. The number of carbonyl (C=O) groups excluding carboxylic acids is 3. The molecule has 0 aromatic heterocycles. The van der Waals surface area contributed by atoms with Crippen molar-refractivity contribution >= 4 is 35.4 Å². The van der Waals surface area contributed by atoms with Crippen molar-refractivity contribution in [3.05, 3.63) is 107 Å². The van der Waals surface area contributed by atoms with E-state index in [9.17, 15) is 14.4 Å². The Labute approximate surface area is 239 Å². The zero-order chi connectivity index (χ0) is 28.6. The third kappa shape index (κ3) is 6.90. The Morgan fingerprint density at radius 3 is 2.46 bits per heavy atom. The molecule has 41 heavy (non-hydrogen) atoms. The molecule has 1 aliphatic carbocycles. The number of nitrogens with zero attached hydrogens (tertiary/aromatic N) is 2. The molecule has 1 atom stereocenters. The summed E-state index contributed by atoms with van der Waals surface area (Å²) in [6, 6.07) is 24.7. The van der Waals surface area contributed by atoms with Gasteiger partial charge in [0.05, 0.1) is 19.6 Å². The van der Waals surface area contributed by atoms with Crippen LogP contribution < -0.4 is 5.32 Å². The summed E-state index contributed by atoms with van der Waals surface area (Å²) in [5, 5.41) is 8.98. The first-order valence-electron chi connectivity index (χ1n) is 13.8. The van der Waals surface area contributed by atoms with Gasteiger partial charge in [-0.05, 0) is 59.7 Å². The number of nitrogens with one attached hydrogen (secondary N) is 1. The summed E-state index contributed by atoms with van der Waals surface area (Å²) in [6.07, 6.45) is 7.16. The smallest absolute Gasteiger partial charge is 0.330 e. The predicted molar refractivity (Wildman–Crippen MR) is 157 cm³/mol. The van der Waals surface area contributed by atoms with E-state index in [1.54, 1.807) is 6.08 Å². The van der Waals surface area contributed by atoms with E-state index in [4.69, 9.17) is 9.47 Å². The number of para-hydroxylation sites is 1. The molecular weight excluding hydrogens is 518 g/mol. The van der Waals surface area contributed by atoms with Crippen LogP contribution in [0.3, 0.4) is 0 Å². The third-order valence-electron chi connectivity index (χ3n) is 7.50. The lowest BCUT2D eigenvalue weighted by molar-refractivity contribution is -0.136. The minimum atomic E-state index is -0.462. The number of benzene rings is 3. The van der Waals surface area contributed by atoms with Gasteiger partial charge in [-0.15, -0.1) is 5.10 Å². The van der Waals surface area contributed by atoms with E-state index in [1.807, 2.05) is 78.9 Å². The zero-order valence-corrected chi connectivity index (χ0v) is 23.0. The summed E-state index contributed by atoms with van der Waals surface area (Å²) in [4.78, 5) is 37.9. The number of amides is 2. The highest BCUT2D eigenvalue weighted by Crippen LogP contribution is 2.38. The minimum absolute atomic E-state index is 0.0635. The molecule has 0 saturated heterocycles. The predicted octanol–water partition coefficient (Wildman–Crippen LogP) is 5.51. The topological polar surface area (TPSA) is 97.3 Å². The average molecular weight is 552 g/mol. The number of anilines is 1. The second-order valence-electron chi connectivity index (χ2n) is 10.2. The first-order valence-corrected chi connectivity index (χ1v) is 13.8. The van der Waals surface area contributed by atoms with Crippen molar-refractivity contribution in [1.82, 2.24) is 5.01 Å². The number of carbonyl (C=O) groups is 3. The van der Waals surface area contributed by atoms with Crippen molar-refractivity contribution in [2.75, 3.05) is 19.0 Å². The maximum Gasteiger partial charge on any atom is 0.330 e. The largest absolute Gasteiger partial charge is 0.466 e. The van der Waals surface area contributed by atoms with Crippen LogP contribution in [0.1, 0.15) is 53.9 Å². The second-order valence-corrected chi connectivity index (χ2v) is 10.2. The summed E-state index contributed by atoms with van der Waals surface area (Å²) in [5.41, 5.74) is 4.01. The Hall–Kier alpha value is -4.72. The molecule has 210 valence electrons. The number of rotatable bonds is 9. The quantitative estimate of drug-likeness (QED) is 0.280. The molecule has 0 radical (unpaired) electrons. The molecule has 0 bridgehead atoms. The Balaban J connectivity index is 1.34. The maximum absolute atomic E-state index is 13.8. The number of ether oxygens (including phenoxy) is 2. The van der Waals surface area contributed by atoms with Crippen LogP contribution in [0, 0.1) is 5.92 Å². The van der Waals surface area contributed by atoms with Crippen molar-refractivity contribution in [2.45, 2.75) is 38.1 Å². The summed E-state index contributed by atoms with van der Waals surface area (Å²) < 4.78 is 10.3. The molecule has 8 heteroatoms. The van der Waals surface area contributed by atoms with Crippen molar-refractivity contribution in [1.29, 1.82) is 0 Å². The maximum atomic E-state index is 13.8. The Morgan fingerprint density at radius 1 is 1.02 bits per heavy atom. The van der Waals surface area contributed by atoms with Gasteiger partial charge in [0.25, 0.3) is 5.91 Å². The molecule has 1 saturated carbocycles. The molecule has 2 aliphatic rings. The Morgan fingerprint density at radius 2 is 1.73 bits per heavy atom. The van der Waals surface area contributed by atoms with Crippen LogP contribution in [0.25, 0.3) is 6.08 Å². The highest BCUT2D eigenvalue weighted by atomic mass is 16.5. The van der Waals surface area contributed by atoms with Gasteiger partial charge < -0.3 is 14.8 Å². The molecule has 1 N–H and O–H groups in total. The van der Waals surface area contributed by atoms with Crippen LogP contribution in [-0.4, -0.2) is 42.4 Å². The lowest BCUT2D eigenvalue weighted by atomic mass is 9.83. The fraction of sp³-hybridized carbons (Fsp3) is 0.273. The molecule has 5 rings (SSSR count). The first-order chi connectivity index (χ1) is 20.0. The van der Waals surface area contributed by atoms with Gasteiger partial charge in [-0.2, -0.15) is 0 Å². The van der Waals surface area contributed by atoms with Crippen molar-refractivity contribution < 1.29 is 23.9 Å². The minimum Gasteiger partial charge on any atom is -0.466 e. The van der Waals surface area contributed by atoms with Crippen molar-refractivity contribution in [3.63, 3.8) is 0 Å². The van der Waals surface area contributed by atoms with E-state index in [2.05, 4.69) is 10.4 Å². The van der Waals surface area contributed by atoms with Crippen LogP contribution in [0.5, 0.6) is 0 Å². The second kappa shape index (κ2) is 13.1. The fourth-order valence-corrected chi connectivity index (χ4v) is 5.37. The van der Waals surface area contributed by atoms with E-state index < -0.39 is 5.97 Å². The lowest BCUT2D eigenvalue weighted by Crippen LogP contribution is -2.36. The SMILES string of the molecule is COC(=O)/C=C/c1ccccc1NC(=O)C(c1ccc(CN2N=C(c3ccccc3)OCC2=O)cc1)C1CCCC1. The van der Waals surface area contributed by atoms with Gasteiger partial charge in [0.2, 0.25) is 11.8 Å². The molecular formula is C33H33N3O5. The molecule has 3 aromatic rings. The van der Waals surface area contributed by atoms with Gasteiger partial charge in [-0.3, -0.25) is 9.59 Å². The van der Waals surface area contributed by atoms with Crippen LogP contribution in [-0.2, 0) is 30.4 Å². The highest BCUT2D eigenvalue weighted by molar-refractivity contribution is 5.99. The third-order valence-corrected chi connectivity index (χ3v) is 7.50. The first kappa shape index (κ1) is 27.8. The number of hydrogen-bond donors (Lipinski definition) is 1. The normalized spacial score (nSPS) is 16.3. The van der Waals surface area contributed by atoms with Crippen molar-refractivity contribution in [2.24, 2.45) is 11.0 Å². The van der Waals surface area contributed by atoms with E-state index in [0.29, 0.717) is 18.1 Å². The average Bonchev–Trinajstić information content (AvgIpc) is 3.53. The Bertz CT molecular complexity index is 1440.